The van der Waals surface area contributed by atoms with Crippen molar-refractivity contribution in [3.05, 3.63) is 41.2 Å². The van der Waals surface area contributed by atoms with E-state index in [2.05, 4.69) is 0 Å². The van der Waals surface area contributed by atoms with Crippen LogP contribution >= 0.6 is 0 Å². The molecule has 2 nitrogen and oxygen atoms in total. The van der Waals surface area contributed by atoms with Crippen LogP contribution in [0, 0.1) is 12.7 Å². The fourth-order valence-corrected chi connectivity index (χ4v) is 1.11. The van der Waals surface area contributed by atoms with Crippen LogP contribution in [-0.4, -0.2) is 11.1 Å². The Morgan fingerprint density at radius 3 is 2.64 bits per heavy atom. The van der Waals surface area contributed by atoms with Crippen LogP contribution in [-0.2, 0) is 4.79 Å². The summed E-state index contributed by atoms with van der Waals surface area (Å²) in [4.78, 5) is 10.4. The lowest BCUT2D eigenvalue weighted by atomic mass is 10.1. The van der Waals surface area contributed by atoms with Crippen LogP contribution in [0.2, 0.25) is 0 Å². The summed E-state index contributed by atoms with van der Waals surface area (Å²) >= 11 is 0. The Balaban J connectivity index is 3.09. The van der Waals surface area contributed by atoms with Crippen molar-refractivity contribution >= 4 is 11.5 Å². The second-order valence-electron chi connectivity index (χ2n) is 3.13. The summed E-state index contributed by atoms with van der Waals surface area (Å²) in [6.07, 6.45) is 1.06. The molecule has 0 saturated heterocycles. The van der Waals surface area contributed by atoms with Crippen LogP contribution < -0.4 is 0 Å². The van der Waals surface area contributed by atoms with E-state index in [9.17, 15) is 9.18 Å². The van der Waals surface area contributed by atoms with Gasteiger partial charge in [0.1, 0.15) is 5.82 Å². The van der Waals surface area contributed by atoms with Crippen molar-refractivity contribution in [3.8, 4) is 0 Å². The van der Waals surface area contributed by atoms with Crippen molar-refractivity contribution in [3.63, 3.8) is 0 Å². The van der Waals surface area contributed by atoms with E-state index in [1.807, 2.05) is 0 Å². The zero-order valence-electron chi connectivity index (χ0n) is 8.04. The van der Waals surface area contributed by atoms with E-state index in [1.165, 1.54) is 6.07 Å². The second kappa shape index (κ2) is 4.05. The molecule has 0 heterocycles. The zero-order chi connectivity index (χ0) is 10.7. The third kappa shape index (κ3) is 2.42. The molecule has 1 N–H and O–H groups in total. The summed E-state index contributed by atoms with van der Waals surface area (Å²) in [5.74, 6) is -1.34. The van der Waals surface area contributed by atoms with Crippen molar-refractivity contribution in [1.82, 2.24) is 0 Å². The maximum absolute atomic E-state index is 13.1. The molecular formula is C11H11FO2. The number of carboxylic acids is 1. The number of halogens is 1. The highest BCUT2D eigenvalue weighted by atomic mass is 19.1. The number of aliphatic carboxylic acids is 1. The molecule has 14 heavy (non-hydrogen) atoms. The fourth-order valence-electron chi connectivity index (χ4n) is 1.11. The average Bonchev–Trinajstić information content (AvgIpc) is 2.08. The van der Waals surface area contributed by atoms with Crippen LogP contribution in [0.25, 0.3) is 5.57 Å². The monoisotopic (exact) mass is 194 g/mol. The number of carboxylic acid groups (broad SMARTS) is 1. The number of hydrogen-bond donors (Lipinski definition) is 1. The summed E-state index contributed by atoms with van der Waals surface area (Å²) in [6, 6.07) is 4.67. The summed E-state index contributed by atoms with van der Waals surface area (Å²) < 4.78 is 13.1. The van der Waals surface area contributed by atoms with E-state index < -0.39 is 5.97 Å². The number of allylic oxidation sites excluding steroid dienone is 1. The molecule has 0 amide bonds. The van der Waals surface area contributed by atoms with Crippen LogP contribution in [0.3, 0.4) is 0 Å². The molecule has 74 valence electrons. The number of carbonyl (C=O) groups is 1. The summed E-state index contributed by atoms with van der Waals surface area (Å²) in [5, 5.41) is 8.50. The normalized spacial score (nSPS) is 11.5. The van der Waals surface area contributed by atoms with Gasteiger partial charge in [-0.2, -0.15) is 0 Å². The van der Waals surface area contributed by atoms with Crippen molar-refractivity contribution in [1.29, 1.82) is 0 Å². The molecule has 0 aromatic heterocycles. The Morgan fingerprint density at radius 1 is 1.50 bits per heavy atom. The Kier molecular flexibility index (Phi) is 3.02. The van der Waals surface area contributed by atoms with E-state index in [-0.39, 0.29) is 5.82 Å². The zero-order valence-corrected chi connectivity index (χ0v) is 8.04. The Hall–Kier alpha value is -1.64. The molecule has 0 saturated carbocycles. The topological polar surface area (TPSA) is 37.3 Å². The van der Waals surface area contributed by atoms with E-state index in [0.717, 1.165) is 6.08 Å². The minimum atomic E-state index is -1.02. The maximum atomic E-state index is 13.1. The van der Waals surface area contributed by atoms with Gasteiger partial charge in [-0.05, 0) is 36.6 Å². The van der Waals surface area contributed by atoms with Gasteiger partial charge in [0.15, 0.2) is 0 Å². The molecule has 0 unspecified atom stereocenters. The van der Waals surface area contributed by atoms with Gasteiger partial charge in [0.05, 0.1) is 0 Å². The van der Waals surface area contributed by atoms with Crippen LogP contribution in [0.4, 0.5) is 4.39 Å². The Labute approximate surface area is 81.7 Å². The summed E-state index contributed by atoms with van der Waals surface area (Å²) in [6.45, 7) is 3.30. The highest BCUT2D eigenvalue weighted by Gasteiger charge is 2.02. The standard InChI is InChI=1S/C11H11FO2/c1-7-3-4-9(6-10(7)12)8(2)5-11(13)14/h3-6H,1-2H3,(H,13,14). The van der Waals surface area contributed by atoms with Gasteiger partial charge in [-0.15, -0.1) is 0 Å². The van der Waals surface area contributed by atoms with Gasteiger partial charge >= 0.3 is 5.97 Å². The molecule has 1 aromatic rings. The first-order valence-corrected chi connectivity index (χ1v) is 4.18. The van der Waals surface area contributed by atoms with Crippen molar-refractivity contribution in [2.75, 3.05) is 0 Å². The third-order valence-corrected chi connectivity index (χ3v) is 1.97. The average molecular weight is 194 g/mol. The minimum absolute atomic E-state index is 0.319. The minimum Gasteiger partial charge on any atom is -0.478 e. The molecule has 0 fully saturated rings. The highest BCUT2D eigenvalue weighted by Crippen LogP contribution is 2.16. The number of hydrogen-bond acceptors (Lipinski definition) is 1. The summed E-state index contributed by atoms with van der Waals surface area (Å²) in [7, 11) is 0. The number of aryl methyl sites for hydroxylation is 1. The van der Waals surface area contributed by atoms with Crippen molar-refractivity contribution in [2.24, 2.45) is 0 Å². The lowest BCUT2D eigenvalue weighted by Gasteiger charge is -2.02. The van der Waals surface area contributed by atoms with Crippen LogP contribution in [0.15, 0.2) is 24.3 Å². The lowest BCUT2D eigenvalue weighted by molar-refractivity contribution is -0.131. The van der Waals surface area contributed by atoms with Gasteiger partial charge < -0.3 is 5.11 Å². The first kappa shape index (κ1) is 10.4. The van der Waals surface area contributed by atoms with Crippen LogP contribution in [0.1, 0.15) is 18.1 Å². The molecule has 3 heteroatoms. The van der Waals surface area contributed by atoms with E-state index in [1.54, 1.807) is 26.0 Å². The molecule has 0 radical (unpaired) electrons. The SMILES string of the molecule is CC(=CC(=O)O)c1ccc(C)c(F)c1. The molecule has 0 aliphatic heterocycles. The third-order valence-electron chi connectivity index (χ3n) is 1.97. The Morgan fingerprint density at radius 2 is 2.14 bits per heavy atom. The molecular weight excluding hydrogens is 183 g/mol. The summed E-state index contributed by atoms with van der Waals surface area (Å²) in [5.41, 5.74) is 1.68. The molecule has 0 bridgehead atoms. The second-order valence-corrected chi connectivity index (χ2v) is 3.13. The number of rotatable bonds is 2. The van der Waals surface area contributed by atoms with E-state index in [4.69, 9.17) is 5.11 Å². The van der Waals surface area contributed by atoms with E-state index >= 15 is 0 Å². The first-order chi connectivity index (χ1) is 6.50. The van der Waals surface area contributed by atoms with E-state index in [0.29, 0.717) is 16.7 Å². The molecule has 0 spiro atoms. The first-order valence-electron chi connectivity index (χ1n) is 4.18. The maximum Gasteiger partial charge on any atom is 0.328 e. The molecule has 1 aromatic carbocycles. The van der Waals surface area contributed by atoms with Gasteiger partial charge in [0.25, 0.3) is 0 Å². The molecule has 0 aliphatic carbocycles. The van der Waals surface area contributed by atoms with Gasteiger partial charge in [-0.25, -0.2) is 9.18 Å². The van der Waals surface area contributed by atoms with Crippen molar-refractivity contribution < 1.29 is 14.3 Å². The van der Waals surface area contributed by atoms with Crippen LogP contribution in [0.5, 0.6) is 0 Å². The van der Waals surface area contributed by atoms with Gasteiger partial charge in [0.2, 0.25) is 0 Å². The predicted molar refractivity (Wildman–Crippen MR) is 52.4 cm³/mol. The van der Waals surface area contributed by atoms with Gasteiger partial charge in [-0.1, -0.05) is 12.1 Å². The molecule has 0 aliphatic rings. The quantitative estimate of drug-likeness (QED) is 0.735. The predicted octanol–water partition coefficient (Wildman–Crippen LogP) is 2.62. The smallest absolute Gasteiger partial charge is 0.328 e. The van der Waals surface area contributed by atoms with Crippen molar-refractivity contribution in [2.45, 2.75) is 13.8 Å². The van der Waals surface area contributed by atoms with Gasteiger partial charge in [-0.3, -0.25) is 0 Å². The number of benzene rings is 1. The Bertz CT molecular complexity index is 394. The highest BCUT2D eigenvalue weighted by molar-refractivity contribution is 5.89. The largest absolute Gasteiger partial charge is 0.478 e. The lowest BCUT2D eigenvalue weighted by Crippen LogP contribution is -1.91. The molecule has 0 atom stereocenters. The molecule has 1 rings (SSSR count). The van der Waals surface area contributed by atoms with Gasteiger partial charge in [0, 0.05) is 6.08 Å². The fraction of sp³-hybridized carbons (Fsp3) is 0.182.